The van der Waals surface area contributed by atoms with E-state index in [9.17, 15) is 4.79 Å². The summed E-state index contributed by atoms with van der Waals surface area (Å²) in [7, 11) is 1.54. The molecule has 0 atom stereocenters. The Bertz CT molecular complexity index is 287. The molecule has 0 aromatic carbocycles. The highest BCUT2D eigenvalue weighted by Gasteiger charge is 2.03. The van der Waals surface area contributed by atoms with E-state index in [1.54, 1.807) is 12.1 Å². The highest BCUT2D eigenvalue weighted by molar-refractivity contribution is 5.92. The topological polar surface area (TPSA) is 62.2 Å². The normalized spacial score (nSPS) is 8.57. The van der Waals surface area contributed by atoms with Crippen molar-refractivity contribution in [3.63, 3.8) is 0 Å². The van der Waals surface area contributed by atoms with E-state index in [0.29, 0.717) is 11.3 Å². The molecular formula is C10H16N2O2. The molecule has 0 saturated carbocycles. The van der Waals surface area contributed by atoms with Crippen molar-refractivity contribution in [3.8, 4) is 0 Å². The number of amides is 1. The van der Waals surface area contributed by atoms with Crippen molar-refractivity contribution in [1.29, 1.82) is 0 Å². The van der Waals surface area contributed by atoms with E-state index >= 15 is 0 Å². The molecule has 1 heterocycles. The molecule has 2 N–H and O–H groups in total. The Hall–Kier alpha value is -1.42. The molecule has 0 aliphatic heterocycles. The Kier molecular flexibility index (Phi) is 6.32. The molecule has 1 aromatic rings. The molecule has 0 aliphatic carbocycles. The van der Waals surface area contributed by atoms with Gasteiger partial charge in [-0.25, -0.2) is 0 Å². The Labute approximate surface area is 84.0 Å². The third-order valence-corrected chi connectivity index (χ3v) is 1.47. The number of aliphatic hydroxyl groups excluding tert-OH is 1. The SMILES string of the molecule is CC.CNC(=O)c1cc(CO)ccn1. The van der Waals surface area contributed by atoms with E-state index in [0.717, 1.165) is 0 Å². The van der Waals surface area contributed by atoms with Crippen LogP contribution in [0.15, 0.2) is 18.3 Å². The van der Waals surface area contributed by atoms with Crippen molar-refractivity contribution in [2.45, 2.75) is 20.5 Å². The second-order valence-electron chi connectivity index (χ2n) is 2.29. The maximum Gasteiger partial charge on any atom is 0.269 e. The number of hydrogen-bond donors (Lipinski definition) is 2. The molecule has 0 bridgehead atoms. The van der Waals surface area contributed by atoms with Gasteiger partial charge < -0.3 is 10.4 Å². The lowest BCUT2D eigenvalue weighted by atomic mass is 10.2. The van der Waals surface area contributed by atoms with Crippen LogP contribution < -0.4 is 5.32 Å². The zero-order valence-corrected chi connectivity index (χ0v) is 8.74. The van der Waals surface area contributed by atoms with Gasteiger partial charge in [-0.1, -0.05) is 13.8 Å². The number of carbonyl (C=O) groups is 1. The Morgan fingerprint density at radius 3 is 2.71 bits per heavy atom. The molecule has 0 aliphatic rings. The summed E-state index contributed by atoms with van der Waals surface area (Å²) in [5.41, 5.74) is 1.01. The minimum absolute atomic E-state index is 0.0769. The van der Waals surface area contributed by atoms with Crippen LogP contribution >= 0.6 is 0 Å². The second kappa shape index (κ2) is 7.03. The van der Waals surface area contributed by atoms with Gasteiger partial charge in [-0.2, -0.15) is 0 Å². The van der Waals surface area contributed by atoms with E-state index in [4.69, 9.17) is 5.11 Å². The van der Waals surface area contributed by atoms with E-state index in [1.807, 2.05) is 13.8 Å². The summed E-state index contributed by atoms with van der Waals surface area (Å²) in [6.07, 6.45) is 1.50. The van der Waals surface area contributed by atoms with Crippen molar-refractivity contribution in [3.05, 3.63) is 29.6 Å². The van der Waals surface area contributed by atoms with Gasteiger partial charge >= 0.3 is 0 Å². The summed E-state index contributed by atoms with van der Waals surface area (Å²) in [5, 5.41) is 11.2. The minimum atomic E-state index is -0.245. The number of nitrogens with one attached hydrogen (secondary N) is 1. The Morgan fingerprint density at radius 1 is 1.57 bits per heavy atom. The van der Waals surface area contributed by atoms with Crippen LogP contribution in [-0.4, -0.2) is 23.0 Å². The van der Waals surface area contributed by atoms with Gasteiger partial charge in [0.25, 0.3) is 5.91 Å². The Balaban J connectivity index is 0.000000791. The number of rotatable bonds is 2. The fourth-order valence-corrected chi connectivity index (χ4v) is 0.825. The molecule has 0 fully saturated rings. The summed E-state index contributed by atoms with van der Waals surface area (Å²) in [6, 6.07) is 3.21. The van der Waals surface area contributed by atoms with Gasteiger partial charge in [-0.3, -0.25) is 9.78 Å². The molecule has 0 unspecified atom stereocenters. The smallest absolute Gasteiger partial charge is 0.269 e. The fourth-order valence-electron chi connectivity index (χ4n) is 0.825. The van der Waals surface area contributed by atoms with Crippen molar-refractivity contribution >= 4 is 5.91 Å². The average Bonchev–Trinajstić information content (AvgIpc) is 2.30. The van der Waals surface area contributed by atoms with Gasteiger partial charge in [-0.05, 0) is 17.7 Å². The van der Waals surface area contributed by atoms with Gasteiger partial charge in [0, 0.05) is 13.2 Å². The molecule has 78 valence electrons. The fraction of sp³-hybridized carbons (Fsp3) is 0.400. The van der Waals surface area contributed by atoms with Crippen LogP contribution in [0.3, 0.4) is 0 Å². The largest absolute Gasteiger partial charge is 0.392 e. The van der Waals surface area contributed by atoms with Gasteiger partial charge in [0.2, 0.25) is 0 Å². The monoisotopic (exact) mass is 196 g/mol. The molecule has 0 saturated heterocycles. The highest BCUT2D eigenvalue weighted by Crippen LogP contribution is 2.00. The minimum Gasteiger partial charge on any atom is -0.392 e. The van der Waals surface area contributed by atoms with Crippen LogP contribution in [-0.2, 0) is 6.61 Å². The van der Waals surface area contributed by atoms with Crippen LogP contribution in [0.1, 0.15) is 29.9 Å². The third-order valence-electron chi connectivity index (χ3n) is 1.47. The van der Waals surface area contributed by atoms with Crippen LogP contribution in [0.2, 0.25) is 0 Å². The standard InChI is InChI=1S/C8H10N2O2.C2H6/c1-9-8(12)7-4-6(5-11)2-3-10-7;1-2/h2-4,11H,5H2,1H3,(H,9,12);1-2H3. The van der Waals surface area contributed by atoms with Gasteiger partial charge in [0.1, 0.15) is 5.69 Å². The lowest BCUT2D eigenvalue weighted by Gasteiger charge is -1.99. The molecule has 1 rings (SSSR count). The molecule has 1 aromatic heterocycles. The average molecular weight is 196 g/mol. The first-order valence-corrected chi connectivity index (χ1v) is 4.56. The van der Waals surface area contributed by atoms with Crippen molar-refractivity contribution in [2.75, 3.05) is 7.05 Å². The zero-order valence-electron chi connectivity index (χ0n) is 8.74. The van der Waals surface area contributed by atoms with Crippen molar-refractivity contribution in [1.82, 2.24) is 10.3 Å². The summed E-state index contributed by atoms with van der Waals surface area (Å²) in [5.74, 6) is -0.245. The quantitative estimate of drug-likeness (QED) is 0.740. The summed E-state index contributed by atoms with van der Waals surface area (Å²) >= 11 is 0. The van der Waals surface area contributed by atoms with Crippen LogP contribution in [0.25, 0.3) is 0 Å². The van der Waals surface area contributed by atoms with Gasteiger partial charge in [0.15, 0.2) is 0 Å². The third kappa shape index (κ3) is 3.53. The molecule has 14 heavy (non-hydrogen) atoms. The number of carbonyl (C=O) groups excluding carboxylic acids is 1. The lowest BCUT2D eigenvalue weighted by molar-refractivity contribution is 0.0958. The van der Waals surface area contributed by atoms with E-state index < -0.39 is 0 Å². The first-order valence-electron chi connectivity index (χ1n) is 4.56. The van der Waals surface area contributed by atoms with Crippen LogP contribution in [0.5, 0.6) is 0 Å². The van der Waals surface area contributed by atoms with Crippen molar-refractivity contribution in [2.24, 2.45) is 0 Å². The van der Waals surface area contributed by atoms with E-state index in [-0.39, 0.29) is 12.5 Å². The summed E-state index contributed by atoms with van der Waals surface area (Å²) < 4.78 is 0. The van der Waals surface area contributed by atoms with E-state index in [1.165, 1.54) is 13.2 Å². The van der Waals surface area contributed by atoms with Gasteiger partial charge in [-0.15, -0.1) is 0 Å². The number of aromatic nitrogens is 1. The molecule has 4 nitrogen and oxygen atoms in total. The zero-order chi connectivity index (χ0) is 11.0. The van der Waals surface area contributed by atoms with Crippen LogP contribution in [0.4, 0.5) is 0 Å². The maximum atomic E-state index is 11.0. The Morgan fingerprint density at radius 2 is 2.21 bits per heavy atom. The van der Waals surface area contributed by atoms with Crippen LogP contribution in [0, 0.1) is 0 Å². The molecule has 1 amide bonds. The number of pyridine rings is 1. The molecule has 0 spiro atoms. The first-order chi connectivity index (χ1) is 6.77. The maximum absolute atomic E-state index is 11.0. The summed E-state index contributed by atoms with van der Waals surface area (Å²) in [6.45, 7) is 3.92. The first kappa shape index (κ1) is 12.6. The molecule has 4 heteroatoms. The number of nitrogens with zero attached hydrogens (tertiary/aromatic N) is 1. The van der Waals surface area contributed by atoms with E-state index in [2.05, 4.69) is 10.3 Å². The predicted molar refractivity (Wildman–Crippen MR) is 54.9 cm³/mol. The molecular weight excluding hydrogens is 180 g/mol. The predicted octanol–water partition coefficient (Wildman–Crippen LogP) is 0.960. The molecule has 0 radical (unpaired) electrons. The second-order valence-corrected chi connectivity index (χ2v) is 2.29. The van der Waals surface area contributed by atoms with Crippen molar-refractivity contribution < 1.29 is 9.90 Å². The van der Waals surface area contributed by atoms with Gasteiger partial charge in [0.05, 0.1) is 6.61 Å². The summed E-state index contributed by atoms with van der Waals surface area (Å²) in [4.78, 5) is 14.9. The lowest BCUT2D eigenvalue weighted by Crippen LogP contribution is -2.19. The number of hydrogen-bond acceptors (Lipinski definition) is 3. The number of aliphatic hydroxyl groups is 1. The highest BCUT2D eigenvalue weighted by atomic mass is 16.3.